The molecule has 0 bridgehead atoms. The molecule has 2 N–H and O–H groups in total. The van der Waals surface area contributed by atoms with Gasteiger partial charge in [-0.2, -0.15) is 0 Å². The molecule has 0 fully saturated rings. The summed E-state index contributed by atoms with van der Waals surface area (Å²) in [5, 5.41) is 5.65. The fourth-order valence-electron chi connectivity index (χ4n) is 2.35. The standard InChI is InChI=1S/C19H24N2O4/c1-14(17-13-16(23-2)9-10-18(17)24-3)21-19(22)20-11-12-25-15-7-5-4-6-8-15/h4-10,13-14H,11-12H2,1-3H3,(H2,20,21,22). The molecule has 0 spiro atoms. The van der Waals surface area contributed by atoms with E-state index in [-0.39, 0.29) is 12.1 Å². The first-order valence-corrected chi connectivity index (χ1v) is 8.08. The molecule has 0 saturated heterocycles. The van der Waals surface area contributed by atoms with Gasteiger partial charge in [0.05, 0.1) is 26.8 Å². The number of benzene rings is 2. The van der Waals surface area contributed by atoms with Crippen molar-refractivity contribution in [2.45, 2.75) is 13.0 Å². The number of carbonyl (C=O) groups is 1. The number of carbonyl (C=O) groups excluding carboxylic acids is 1. The van der Waals surface area contributed by atoms with E-state index in [1.807, 2.05) is 55.5 Å². The topological polar surface area (TPSA) is 68.8 Å². The second kappa shape index (κ2) is 9.42. The van der Waals surface area contributed by atoms with Crippen LogP contribution in [0.15, 0.2) is 48.5 Å². The average molecular weight is 344 g/mol. The summed E-state index contributed by atoms with van der Waals surface area (Å²) in [5.74, 6) is 2.18. The number of amides is 2. The number of urea groups is 1. The summed E-state index contributed by atoms with van der Waals surface area (Å²) in [4.78, 5) is 12.0. The van der Waals surface area contributed by atoms with Crippen LogP contribution in [0.4, 0.5) is 4.79 Å². The van der Waals surface area contributed by atoms with E-state index >= 15 is 0 Å². The Morgan fingerprint density at radius 2 is 1.80 bits per heavy atom. The lowest BCUT2D eigenvalue weighted by Gasteiger charge is -2.18. The molecule has 0 saturated carbocycles. The van der Waals surface area contributed by atoms with Gasteiger partial charge in [0.1, 0.15) is 23.9 Å². The quantitative estimate of drug-likeness (QED) is 0.722. The van der Waals surface area contributed by atoms with Crippen LogP contribution in [0.1, 0.15) is 18.5 Å². The van der Waals surface area contributed by atoms with Gasteiger partial charge in [0.2, 0.25) is 0 Å². The monoisotopic (exact) mass is 344 g/mol. The number of para-hydroxylation sites is 1. The third kappa shape index (κ3) is 5.60. The maximum absolute atomic E-state index is 12.0. The second-order valence-electron chi connectivity index (χ2n) is 5.39. The third-order valence-corrected chi connectivity index (χ3v) is 3.65. The molecular weight excluding hydrogens is 320 g/mol. The Hall–Kier alpha value is -2.89. The van der Waals surface area contributed by atoms with Crippen LogP contribution in [0, 0.1) is 0 Å². The van der Waals surface area contributed by atoms with Crippen LogP contribution < -0.4 is 24.8 Å². The largest absolute Gasteiger partial charge is 0.497 e. The zero-order valence-electron chi connectivity index (χ0n) is 14.7. The van der Waals surface area contributed by atoms with Gasteiger partial charge in [0.15, 0.2) is 0 Å². The van der Waals surface area contributed by atoms with E-state index in [4.69, 9.17) is 14.2 Å². The molecule has 0 aliphatic heterocycles. The molecular formula is C19H24N2O4. The molecule has 0 radical (unpaired) electrons. The van der Waals surface area contributed by atoms with E-state index in [2.05, 4.69) is 10.6 Å². The normalized spacial score (nSPS) is 11.3. The summed E-state index contributed by atoms with van der Waals surface area (Å²) < 4.78 is 16.1. The molecule has 6 nitrogen and oxygen atoms in total. The number of rotatable bonds is 8. The Bertz CT molecular complexity index is 676. The van der Waals surface area contributed by atoms with E-state index in [9.17, 15) is 4.79 Å². The first kappa shape index (κ1) is 18.4. The average Bonchev–Trinajstić information content (AvgIpc) is 2.65. The van der Waals surface area contributed by atoms with Gasteiger partial charge >= 0.3 is 6.03 Å². The number of hydrogen-bond donors (Lipinski definition) is 2. The molecule has 0 aliphatic carbocycles. The highest BCUT2D eigenvalue weighted by Crippen LogP contribution is 2.29. The van der Waals surface area contributed by atoms with Crippen molar-refractivity contribution in [1.82, 2.24) is 10.6 Å². The Morgan fingerprint density at radius 3 is 2.48 bits per heavy atom. The fraction of sp³-hybridized carbons (Fsp3) is 0.316. The maximum atomic E-state index is 12.0. The minimum absolute atomic E-state index is 0.236. The van der Waals surface area contributed by atoms with Crippen LogP contribution >= 0.6 is 0 Å². The van der Waals surface area contributed by atoms with Crippen molar-refractivity contribution in [2.75, 3.05) is 27.4 Å². The van der Waals surface area contributed by atoms with E-state index in [1.54, 1.807) is 14.2 Å². The van der Waals surface area contributed by atoms with Crippen molar-refractivity contribution in [3.8, 4) is 17.2 Å². The Kier molecular flexibility index (Phi) is 6.95. The number of nitrogens with one attached hydrogen (secondary N) is 2. The van der Waals surface area contributed by atoms with Crippen LogP contribution in [0.5, 0.6) is 17.2 Å². The molecule has 0 heterocycles. The fourth-order valence-corrected chi connectivity index (χ4v) is 2.35. The Labute approximate surface area is 148 Å². The van der Waals surface area contributed by atoms with E-state index < -0.39 is 0 Å². The Balaban J connectivity index is 1.81. The summed E-state index contributed by atoms with van der Waals surface area (Å²) in [6.07, 6.45) is 0. The van der Waals surface area contributed by atoms with Crippen molar-refractivity contribution in [2.24, 2.45) is 0 Å². The summed E-state index contributed by atoms with van der Waals surface area (Å²) >= 11 is 0. The van der Waals surface area contributed by atoms with Gasteiger partial charge in [-0.1, -0.05) is 18.2 Å². The Morgan fingerprint density at radius 1 is 1.04 bits per heavy atom. The van der Waals surface area contributed by atoms with Crippen LogP contribution in [0.3, 0.4) is 0 Å². The van der Waals surface area contributed by atoms with E-state index in [0.717, 1.165) is 11.3 Å². The zero-order valence-corrected chi connectivity index (χ0v) is 14.7. The molecule has 0 aliphatic rings. The minimum Gasteiger partial charge on any atom is -0.497 e. The highest BCUT2D eigenvalue weighted by molar-refractivity contribution is 5.74. The van der Waals surface area contributed by atoms with E-state index in [0.29, 0.717) is 24.7 Å². The van der Waals surface area contributed by atoms with Crippen LogP contribution in [0.2, 0.25) is 0 Å². The predicted molar refractivity (Wildman–Crippen MR) is 96.4 cm³/mol. The molecule has 2 rings (SSSR count). The number of methoxy groups -OCH3 is 2. The first-order chi connectivity index (χ1) is 12.1. The third-order valence-electron chi connectivity index (χ3n) is 3.65. The molecule has 0 aromatic heterocycles. The lowest BCUT2D eigenvalue weighted by molar-refractivity contribution is 0.233. The molecule has 6 heteroatoms. The number of hydrogen-bond acceptors (Lipinski definition) is 4. The molecule has 1 unspecified atom stereocenters. The summed E-state index contributed by atoms with van der Waals surface area (Å²) in [6, 6.07) is 14.4. The predicted octanol–water partition coefficient (Wildman–Crippen LogP) is 3.14. The molecule has 134 valence electrons. The molecule has 2 aromatic carbocycles. The van der Waals surface area contributed by atoms with Crippen molar-refractivity contribution >= 4 is 6.03 Å². The van der Waals surface area contributed by atoms with Crippen molar-refractivity contribution < 1.29 is 19.0 Å². The second-order valence-corrected chi connectivity index (χ2v) is 5.39. The highest BCUT2D eigenvalue weighted by atomic mass is 16.5. The van der Waals surface area contributed by atoms with E-state index in [1.165, 1.54) is 0 Å². The van der Waals surface area contributed by atoms with Gasteiger partial charge in [-0.25, -0.2) is 4.79 Å². The zero-order chi connectivity index (χ0) is 18.1. The summed E-state index contributed by atoms with van der Waals surface area (Å²) in [6.45, 7) is 2.69. The molecule has 2 amide bonds. The van der Waals surface area contributed by atoms with Crippen LogP contribution in [-0.4, -0.2) is 33.4 Å². The summed E-state index contributed by atoms with van der Waals surface area (Å²) in [5.41, 5.74) is 0.845. The van der Waals surface area contributed by atoms with Gasteiger partial charge in [-0.3, -0.25) is 0 Å². The van der Waals surface area contributed by atoms with Gasteiger partial charge in [-0.05, 0) is 37.3 Å². The maximum Gasteiger partial charge on any atom is 0.315 e. The lowest BCUT2D eigenvalue weighted by Crippen LogP contribution is -2.39. The summed E-state index contributed by atoms with van der Waals surface area (Å²) in [7, 11) is 3.20. The molecule has 25 heavy (non-hydrogen) atoms. The lowest BCUT2D eigenvalue weighted by atomic mass is 10.1. The molecule has 2 aromatic rings. The molecule has 1 atom stereocenters. The van der Waals surface area contributed by atoms with Gasteiger partial charge in [0, 0.05) is 5.56 Å². The van der Waals surface area contributed by atoms with Crippen molar-refractivity contribution in [3.63, 3.8) is 0 Å². The first-order valence-electron chi connectivity index (χ1n) is 8.08. The smallest absolute Gasteiger partial charge is 0.315 e. The highest BCUT2D eigenvalue weighted by Gasteiger charge is 2.15. The SMILES string of the molecule is COc1ccc(OC)c(C(C)NC(=O)NCCOc2ccccc2)c1. The van der Waals surface area contributed by atoms with Crippen LogP contribution in [0.25, 0.3) is 0 Å². The van der Waals surface area contributed by atoms with Gasteiger partial charge < -0.3 is 24.8 Å². The number of ether oxygens (including phenoxy) is 3. The van der Waals surface area contributed by atoms with Crippen LogP contribution in [-0.2, 0) is 0 Å². The van der Waals surface area contributed by atoms with Crippen molar-refractivity contribution in [1.29, 1.82) is 0 Å². The van der Waals surface area contributed by atoms with Crippen molar-refractivity contribution in [3.05, 3.63) is 54.1 Å². The minimum atomic E-state index is -0.269. The van der Waals surface area contributed by atoms with Gasteiger partial charge in [-0.15, -0.1) is 0 Å². The van der Waals surface area contributed by atoms with Gasteiger partial charge in [0.25, 0.3) is 0 Å².